The van der Waals surface area contributed by atoms with E-state index in [-0.39, 0.29) is 34.8 Å². The van der Waals surface area contributed by atoms with E-state index in [0.29, 0.717) is 74.7 Å². The first kappa shape index (κ1) is 68.2. The van der Waals surface area contributed by atoms with Gasteiger partial charge >= 0.3 is 47.8 Å². The molecule has 10 bridgehead atoms. The summed E-state index contributed by atoms with van der Waals surface area (Å²) in [5.74, 6) is 2.32. The number of carbonyl (C=O) groups excluding carboxylic acids is 8. The van der Waals surface area contributed by atoms with Crippen molar-refractivity contribution in [1.29, 1.82) is 0 Å². The van der Waals surface area contributed by atoms with Gasteiger partial charge in [-0.2, -0.15) is 8.42 Å². The average molecular weight is 1220 g/mol. The van der Waals surface area contributed by atoms with Crippen molar-refractivity contribution in [2.75, 3.05) is 26.4 Å². The standard InChI is InChI=1S/C21H32O6.C19H32O2.C15H22O7S.C10H16O4/c1-5-20(2,3)19(24)26-11-17(22)25-12-18(23)27-21(4)15-7-13-6-14(9-15)10-16(21)8-13;1-6-18(4,5)17(20)21-19(12(2)3)15-8-13-7-14(10-15)11-16(19)9-13;1-4-15(2,3)14(17)20-7-11(16)21-12-8-5-9-10(6-8)23(18,19)22-13(9)12;1-4-10(2,3)9(12)14-7-5-6-13-8(7)11/h13-16H,5-12H2,1-4H3;12-16H,6-11H2,1-5H3;8-10,12-13H,4-7H2,1-3H3;7H,4-6H2,1-3H3. The summed E-state index contributed by atoms with van der Waals surface area (Å²) in [6.45, 7) is 28.0. The Morgan fingerprint density at radius 1 is 0.541 bits per heavy atom. The van der Waals surface area contributed by atoms with Gasteiger partial charge in [0.25, 0.3) is 10.1 Å². The van der Waals surface area contributed by atoms with Gasteiger partial charge in [0.05, 0.1) is 33.5 Å². The molecule has 12 rings (SSSR count). The van der Waals surface area contributed by atoms with Gasteiger partial charge in [-0.3, -0.25) is 23.4 Å². The number of ether oxygens (including phenoxy) is 8. The third-order valence-corrected chi connectivity index (χ3v) is 24.0. The van der Waals surface area contributed by atoms with E-state index in [2.05, 4.69) is 27.7 Å². The molecule has 0 aromatic carbocycles. The molecule has 482 valence electrons. The number of esters is 8. The van der Waals surface area contributed by atoms with Crippen LogP contribution in [0.3, 0.4) is 0 Å². The lowest BCUT2D eigenvalue weighted by atomic mass is 9.47. The van der Waals surface area contributed by atoms with Gasteiger partial charge < -0.3 is 37.9 Å². The zero-order valence-corrected chi connectivity index (χ0v) is 54.5. The molecule has 0 aromatic rings. The molecule has 0 spiro atoms. The summed E-state index contributed by atoms with van der Waals surface area (Å²) in [5, 5.41) is -0.448. The monoisotopic (exact) mass is 1220 g/mol. The van der Waals surface area contributed by atoms with E-state index in [0.717, 1.165) is 55.8 Å². The fourth-order valence-corrected chi connectivity index (χ4v) is 17.4. The molecule has 0 N–H and O–H groups in total. The molecule has 2 heterocycles. The van der Waals surface area contributed by atoms with E-state index in [1.54, 1.807) is 41.5 Å². The smallest absolute Gasteiger partial charge is 0.347 e. The number of hydrogen-bond acceptors (Lipinski definition) is 19. The van der Waals surface area contributed by atoms with Crippen molar-refractivity contribution in [3.05, 3.63) is 0 Å². The Bertz CT molecular complexity index is 2520. The first-order valence-corrected chi connectivity index (χ1v) is 33.5. The van der Waals surface area contributed by atoms with Gasteiger partial charge in [0, 0.05) is 18.3 Å². The van der Waals surface area contributed by atoms with Crippen LogP contribution in [0.2, 0.25) is 0 Å². The third-order valence-electron chi connectivity index (χ3n) is 22.2. The van der Waals surface area contributed by atoms with E-state index >= 15 is 0 Å². The summed E-state index contributed by atoms with van der Waals surface area (Å²) in [4.78, 5) is 95.1. The SMILES string of the molecule is CCC(C)(C)C(=O)OC1(C(C)C)C2CC3CC(C2)CC1C3.CCC(C)(C)C(=O)OC1CCOC1=O.CCC(C)(C)C(=O)OCC(=O)OC1C2CC3C1OS(=O)(=O)C3C2.CCC(C)(C)C(=O)OCC(=O)OCC(=O)OC1(C)C2CC3CC(C2)CC1C3. The third kappa shape index (κ3) is 14.9. The minimum atomic E-state index is -3.53. The number of hydrogen-bond donors (Lipinski definition) is 0. The second kappa shape index (κ2) is 26.4. The zero-order valence-electron chi connectivity index (χ0n) is 53.7. The largest absolute Gasteiger partial charge is 0.463 e. The van der Waals surface area contributed by atoms with Crippen molar-refractivity contribution >= 4 is 57.9 Å². The molecule has 2 saturated heterocycles. The average Bonchev–Trinajstić information content (AvgIpc) is 1.74. The van der Waals surface area contributed by atoms with Crippen LogP contribution in [0.25, 0.3) is 0 Å². The molecule has 6 atom stereocenters. The second-order valence-corrected chi connectivity index (χ2v) is 31.5. The maximum Gasteiger partial charge on any atom is 0.347 e. The zero-order chi connectivity index (χ0) is 63.0. The highest BCUT2D eigenvalue weighted by molar-refractivity contribution is 7.87. The van der Waals surface area contributed by atoms with Crippen LogP contribution in [0.4, 0.5) is 0 Å². The lowest BCUT2D eigenvalue weighted by Crippen LogP contribution is -2.63. The summed E-state index contributed by atoms with van der Waals surface area (Å²) in [6, 6.07) is 0. The van der Waals surface area contributed by atoms with Crippen molar-refractivity contribution in [3.63, 3.8) is 0 Å². The predicted octanol–water partition coefficient (Wildman–Crippen LogP) is 10.4. The Morgan fingerprint density at radius 3 is 1.42 bits per heavy atom. The maximum atomic E-state index is 12.8. The number of cyclic esters (lactones) is 1. The van der Waals surface area contributed by atoms with Crippen LogP contribution < -0.4 is 0 Å². The minimum Gasteiger partial charge on any atom is -0.463 e. The van der Waals surface area contributed by atoms with Crippen LogP contribution >= 0.6 is 0 Å². The van der Waals surface area contributed by atoms with Crippen molar-refractivity contribution in [3.8, 4) is 0 Å². The Kier molecular flexibility index (Phi) is 21.2. The van der Waals surface area contributed by atoms with E-state index in [4.69, 9.17) is 42.1 Å². The van der Waals surface area contributed by atoms with Crippen LogP contribution in [0.15, 0.2) is 0 Å². The molecule has 10 aliphatic carbocycles. The van der Waals surface area contributed by atoms with Crippen LogP contribution in [-0.2, 0) is 90.6 Å². The van der Waals surface area contributed by atoms with Gasteiger partial charge in [0.2, 0.25) is 6.10 Å². The van der Waals surface area contributed by atoms with Crippen molar-refractivity contribution in [2.45, 2.75) is 248 Å². The van der Waals surface area contributed by atoms with Gasteiger partial charge in [0.15, 0.2) is 19.8 Å². The lowest BCUT2D eigenvalue weighted by Gasteiger charge is -2.62. The molecule has 0 aromatic heterocycles. The van der Waals surface area contributed by atoms with E-state index in [1.165, 1.54) is 38.5 Å². The second-order valence-electron chi connectivity index (χ2n) is 29.7. The van der Waals surface area contributed by atoms with Gasteiger partial charge in [-0.15, -0.1) is 0 Å². The fourth-order valence-electron chi connectivity index (χ4n) is 15.5. The van der Waals surface area contributed by atoms with Crippen molar-refractivity contribution in [2.24, 2.45) is 86.8 Å². The molecular weight excluding hydrogens is 1120 g/mol. The summed E-state index contributed by atoms with van der Waals surface area (Å²) < 4.78 is 71.1. The summed E-state index contributed by atoms with van der Waals surface area (Å²) in [5.41, 5.74) is -2.78. The van der Waals surface area contributed by atoms with Gasteiger partial charge in [0.1, 0.15) is 23.4 Å². The van der Waals surface area contributed by atoms with E-state index in [9.17, 15) is 46.8 Å². The molecule has 20 heteroatoms. The Hall–Kier alpha value is -4.33. The quantitative estimate of drug-likeness (QED) is 0.0662. The molecule has 6 unspecified atom stereocenters. The van der Waals surface area contributed by atoms with Crippen molar-refractivity contribution < 1.29 is 88.9 Å². The number of carbonyl (C=O) groups is 8. The Balaban J connectivity index is 0.000000166. The van der Waals surface area contributed by atoms with Crippen LogP contribution in [-0.4, -0.2) is 117 Å². The normalized spacial score (nSPS) is 34.8. The maximum absolute atomic E-state index is 12.8. The number of fused-ring (bicyclic) bond motifs is 1. The molecule has 85 heavy (non-hydrogen) atoms. The van der Waals surface area contributed by atoms with Gasteiger partial charge in [-0.05, 0) is 218 Å². The van der Waals surface area contributed by atoms with E-state index in [1.807, 2.05) is 34.6 Å². The van der Waals surface area contributed by atoms with E-state index < -0.39 is 111 Å². The molecule has 10 saturated carbocycles. The molecule has 0 amide bonds. The fraction of sp³-hybridized carbons (Fsp3) is 0.877. The van der Waals surface area contributed by atoms with Crippen LogP contribution in [0, 0.1) is 86.8 Å². The highest BCUT2D eigenvalue weighted by Crippen LogP contribution is 2.63. The molecule has 2 aliphatic heterocycles. The van der Waals surface area contributed by atoms with Crippen LogP contribution in [0.5, 0.6) is 0 Å². The van der Waals surface area contributed by atoms with Gasteiger partial charge in [-0.1, -0.05) is 41.5 Å². The molecular formula is C65H102O19S. The first-order valence-electron chi connectivity index (χ1n) is 32.0. The number of rotatable bonds is 19. The predicted molar refractivity (Wildman–Crippen MR) is 311 cm³/mol. The first-order chi connectivity index (χ1) is 39.6. The summed E-state index contributed by atoms with van der Waals surface area (Å²) >= 11 is 0. The topological polar surface area (TPSA) is 254 Å². The Labute approximate surface area is 505 Å². The lowest BCUT2D eigenvalue weighted by molar-refractivity contribution is -0.231. The molecule has 12 aliphatic rings. The highest BCUT2D eigenvalue weighted by Gasteiger charge is 2.66. The summed E-state index contributed by atoms with van der Waals surface area (Å²) in [7, 11) is -3.53. The molecule has 0 radical (unpaired) electrons. The van der Waals surface area contributed by atoms with Crippen LogP contribution in [0.1, 0.15) is 213 Å². The van der Waals surface area contributed by atoms with Gasteiger partial charge in [-0.25, -0.2) is 19.2 Å². The Morgan fingerprint density at radius 2 is 0.976 bits per heavy atom. The summed E-state index contributed by atoms with van der Waals surface area (Å²) in [6.07, 6.45) is 15.1. The van der Waals surface area contributed by atoms with Crippen molar-refractivity contribution in [1.82, 2.24) is 0 Å². The minimum absolute atomic E-state index is 0.0130. The molecule has 19 nitrogen and oxygen atoms in total. The highest BCUT2D eigenvalue weighted by atomic mass is 32.2. The molecule has 12 fully saturated rings.